The van der Waals surface area contributed by atoms with Crippen LogP contribution in [0.3, 0.4) is 0 Å². The van der Waals surface area contributed by atoms with Gasteiger partial charge >= 0.3 is 5.97 Å². The fourth-order valence-corrected chi connectivity index (χ4v) is 3.66. The van der Waals surface area contributed by atoms with Crippen LogP contribution < -0.4 is 33.2 Å². The van der Waals surface area contributed by atoms with Crippen LogP contribution in [-0.2, 0) is 25.6 Å². The van der Waals surface area contributed by atoms with Gasteiger partial charge in [0.2, 0.25) is 17.7 Å². The molecule has 38 heavy (non-hydrogen) atoms. The highest BCUT2D eigenvalue weighted by atomic mass is 32.1. The molecule has 11 N–H and O–H groups in total. The molecule has 5 atom stereocenters. The summed E-state index contributed by atoms with van der Waals surface area (Å²) in [5.41, 5.74) is 17.2. The van der Waals surface area contributed by atoms with Crippen LogP contribution in [0, 0.1) is 5.92 Å². The van der Waals surface area contributed by atoms with Crippen molar-refractivity contribution in [2.24, 2.45) is 28.1 Å². The van der Waals surface area contributed by atoms with Gasteiger partial charge in [-0.25, -0.2) is 4.79 Å². The molecule has 13 nitrogen and oxygen atoms in total. The summed E-state index contributed by atoms with van der Waals surface area (Å²) in [5, 5.41) is 26.5. The van der Waals surface area contributed by atoms with E-state index in [1.807, 2.05) is 6.92 Å². The van der Waals surface area contributed by atoms with Gasteiger partial charge in [-0.05, 0) is 36.5 Å². The molecular formula is C24H39N7O6S. The van der Waals surface area contributed by atoms with E-state index in [1.165, 1.54) is 12.1 Å². The summed E-state index contributed by atoms with van der Waals surface area (Å²) in [6.07, 6.45) is 1.27. The largest absolute Gasteiger partial charge is 0.508 e. The van der Waals surface area contributed by atoms with Gasteiger partial charge in [0.05, 0.1) is 6.04 Å². The van der Waals surface area contributed by atoms with Crippen molar-refractivity contribution >= 4 is 42.3 Å². The van der Waals surface area contributed by atoms with Crippen molar-refractivity contribution in [1.29, 1.82) is 0 Å². The van der Waals surface area contributed by atoms with E-state index < -0.39 is 47.9 Å². The number of guanidine groups is 1. The molecule has 0 spiro atoms. The Balaban J connectivity index is 3.05. The van der Waals surface area contributed by atoms with Crippen LogP contribution in [0.15, 0.2) is 29.3 Å². The molecule has 5 unspecified atom stereocenters. The number of thiol groups is 1. The number of nitrogens with zero attached hydrogens (tertiary/aromatic N) is 1. The molecular weight excluding hydrogens is 514 g/mol. The van der Waals surface area contributed by atoms with E-state index in [4.69, 9.17) is 17.2 Å². The van der Waals surface area contributed by atoms with Crippen LogP contribution in [0.1, 0.15) is 38.7 Å². The normalized spacial score (nSPS) is 14.7. The molecule has 3 amide bonds. The number of hydrogen-bond donors (Lipinski definition) is 9. The van der Waals surface area contributed by atoms with Crippen molar-refractivity contribution in [2.75, 3.05) is 12.3 Å². The van der Waals surface area contributed by atoms with Gasteiger partial charge < -0.3 is 43.4 Å². The second kappa shape index (κ2) is 16.3. The predicted molar refractivity (Wildman–Crippen MR) is 146 cm³/mol. The van der Waals surface area contributed by atoms with E-state index in [2.05, 4.69) is 33.6 Å². The minimum Gasteiger partial charge on any atom is -0.508 e. The molecule has 1 aromatic rings. The number of nitrogens with two attached hydrogens (primary N) is 3. The summed E-state index contributed by atoms with van der Waals surface area (Å²) in [6, 6.07) is 1.64. The fraction of sp³-hybridized carbons (Fsp3) is 0.542. The number of carboxylic acids is 1. The number of hydrogen-bond acceptors (Lipinski definition) is 8. The standard InChI is InChI=1S/C24H39N7O6S/c1-3-13(2)19(31-20(33)16(25)5-4-10-28-24(26)27)22(35)29-17(11-14-6-8-15(32)9-7-14)21(34)30-18(12-38)23(36)37/h6-9,13,16-19,32,38H,3-5,10-12,25H2,1-2H3,(H,29,35)(H,30,34)(H,31,33)(H,36,37)(H4,26,27,28). The van der Waals surface area contributed by atoms with Crippen LogP contribution in [0.25, 0.3) is 0 Å². The molecule has 212 valence electrons. The molecule has 0 bridgehead atoms. The summed E-state index contributed by atoms with van der Waals surface area (Å²) >= 11 is 3.96. The average molecular weight is 554 g/mol. The number of rotatable bonds is 16. The topological polar surface area (TPSA) is 235 Å². The molecule has 1 aromatic carbocycles. The molecule has 0 aliphatic heterocycles. The zero-order valence-corrected chi connectivity index (χ0v) is 22.5. The van der Waals surface area contributed by atoms with Gasteiger partial charge in [-0.15, -0.1) is 0 Å². The Hall–Kier alpha value is -3.52. The van der Waals surface area contributed by atoms with E-state index in [9.17, 15) is 29.4 Å². The van der Waals surface area contributed by atoms with Crippen LogP contribution in [0.2, 0.25) is 0 Å². The Kier molecular flexibility index (Phi) is 14.0. The number of aromatic hydroxyl groups is 1. The number of carbonyl (C=O) groups excluding carboxylic acids is 3. The number of phenols is 1. The summed E-state index contributed by atoms with van der Waals surface area (Å²) in [7, 11) is 0. The second-order valence-electron chi connectivity index (χ2n) is 8.94. The van der Waals surface area contributed by atoms with Crippen molar-refractivity contribution < 1.29 is 29.4 Å². The first-order valence-electron chi connectivity index (χ1n) is 12.2. The molecule has 0 saturated heterocycles. The molecule has 0 heterocycles. The zero-order chi connectivity index (χ0) is 28.8. The van der Waals surface area contributed by atoms with Gasteiger partial charge in [0.1, 0.15) is 23.9 Å². The Morgan fingerprint density at radius 1 is 1.00 bits per heavy atom. The van der Waals surface area contributed by atoms with Gasteiger partial charge in [-0.1, -0.05) is 32.4 Å². The number of nitrogens with one attached hydrogen (secondary N) is 3. The average Bonchev–Trinajstić information content (AvgIpc) is 2.87. The van der Waals surface area contributed by atoms with Gasteiger partial charge in [0.15, 0.2) is 5.96 Å². The van der Waals surface area contributed by atoms with Gasteiger partial charge in [0.25, 0.3) is 0 Å². The molecule has 0 aliphatic rings. The lowest BCUT2D eigenvalue weighted by molar-refractivity contribution is -0.141. The van der Waals surface area contributed by atoms with Crippen molar-refractivity contribution in [3.63, 3.8) is 0 Å². The first-order valence-corrected chi connectivity index (χ1v) is 12.9. The maximum atomic E-state index is 13.3. The summed E-state index contributed by atoms with van der Waals surface area (Å²) in [5.74, 6) is -3.70. The maximum absolute atomic E-state index is 13.3. The minimum atomic E-state index is -1.28. The smallest absolute Gasteiger partial charge is 0.327 e. The first kappa shape index (κ1) is 32.5. The third-order valence-corrected chi connectivity index (χ3v) is 6.27. The Labute approximate surface area is 227 Å². The predicted octanol–water partition coefficient (Wildman–Crippen LogP) is -1.17. The molecule has 0 saturated carbocycles. The number of phenolic OH excluding ortho intramolecular Hbond substituents is 1. The number of aliphatic imine (C=N–C) groups is 1. The van der Waals surface area contributed by atoms with Crippen LogP contribution >= 0.6 is 12.6 Å². The second-order valence-corrected chi connectivity index (χ2v) is 9.31. The van der Waals surface area contributed by atoms with Crippen molar-refractivity contribution in [3.8, 4) is 5.75 Å². The summed E-state index contributed by atoms with van der Waals surface area (Å²) in [4.78, 5) is 54.3. The van der Waals surface area contributed by atoms with Crippen molar-refractivity contribution in [2.45, 2.75) is 63.7 Å². The fourth-order valence-electron chi connectivity index (χ4n) is 3.41. The molecule has 14 heteroatoms. The minimum absolute atomic E-state index is 0.00222. The van der Waals surface area contributed by atoms with E-state index in [-0.39, 0.29) is 36.2 Å². The van der Waals surface area contributed by atoms with Crippen molar-refractivity contribution in [3.05, 3.63) is 29.8 Å². The number of carbonyl (C=O) groups is 4. The lowest BCUT2D eigenvalue weighted by atomic mass is 9.96. The number of benzene rings is 1. The number of amides is 3. The molecule has 0 aromatic heterocycles. The third kappa shape index (κ3) is 11.3. The Morgan fingerprint density at radius 3 is 2.13 bits per heavy atom. The SMILES string of the molecule is CCC(C)C(NC(=O)C(N)CCCN=C(N)N)C(=O)NC(Cc1ccc(O)cc1)C(=O)NC(CS)C(=O)O. The molecule has 1 rings (SSSR count). The van der Waals surface area contributed by atoms with Crippen LogP contribution in [0.4, 0.5) is 0 Å². The quantitative estimate of drug-likeness (QED) is 0.0518. The zero-order valence-electron chi connectivity index (χ0n) is 21.6. The maximum Gasteiger partial charge on any atom is 0.327 e. The number of aliphatic carboxylic acids is 1. The highest BCUT2D eigenvalue weighted by Crippen LogP contribution is 2.13. The van der Waals surface area contributed by atoms with E-state index in [0.29, 0.717) is 24.9 Å². The Morgan fingerprint density at radius 2 is 1.61 bits per heavy atom. The monoisotopic (exact) mass is 553 g/mol. The highest BCUT2D eigenvalue weighted by Gasteiger charge is 2.32. The molecule has 0 fully saturated rings. The summed E-state index contributed by atoms with van der Waals surface area (Å²) in [6.45, 7) is 3.92. The highest BCUT2D eigenvalue weighted by molar-refractivity contribution is 7.80. The summed E-state index contributed by atoms with van der Waals surface area (Å²) < 4.78 is 0. The van der Waals surface area contributed by atoms with Crippen LogP contribution in [0.5, 0.6) is 5.75 Å². The van der Waals surface area contributed by atoms with Crippen molar-refractivity contribution in [1.82, 2.24) is 16.0 Å². The number of carboxylic acid groups (broad SMARTS) is 1. The van der Waals surface area contributed by atoms with Crippen LogP contribution in [-0.4, -0.2) is 76.3 Å². The van der Waals surface area contributed by atoms with Gasteiger partial charge in [-0.3, -0.25) is 19.4 Å². The van der Waals surface area contributed by atoms with E-state index in [1.54, 1.807) is 19.1 Å². The lowest BCUT2D eigenvalue weighted by Gasteiger charge is -2.28. The first-order chi connectivity index (χ1) is 17.9. The molecule has 0 aliphatic carbocycles. The van der Waals surface area contributed by atoms with E-state index in [0.717, 1.165) is 0 Å². The third-order valence-electron chi connectivity index (χ3n) is 5.90. The van der Waals surface area contributed by atoms with E-state index >= 15 is 0 Å². The Bertz CT molecular complexity index is 972. The molecule has 0 radical (unpaired) electrons. The van der Waals surface area contributed by atoms with Gasteiger partial charge in [-0.2, -0.15) is 12.6 Å². The van der Waals surface area contributed by atoms with Gasteiger partial charge in [0, 0.05) is 18.7 Å². The lowest BCUT2D eigenvalue weighted by Crippen LogP contribution is -2.59.